The highest BCUT2D eigenvalue weighted by atomic mass is 35.5. The Morgan fingerprint density at radius 1 is 1.57 bits per heavy atom. The van der Waals surface area contributed by atoms with Crippen LogP contribution in [0.25, 0.3) is 0 Å². The molecule has 0 spiro atoms. The smallest absolute Gasteiger partial charge is 0.294 e. The second-order valence-electron chi connectivity index (χ2n) is 2.67. The first-order valence-electron chi connectivity index (χ1n) is 3.61. The molecule has 2 rings (SSSR count). The van der Waals surface area contributed by atoms with Gasteiger partial charge in [-0.3, -0.25) is 5.43 Å². The fourth-order valence-electron chi connectivity index (χ4n) is 0.974. The zero-order chi connectivity index (χ0) is 10.3. The summed E-state index contributed by atoms with van der Waals surface area (Å²) in [5, 5.41) is 5.45. The summed E-state index contributed by atoms with van der Waals surface area (Å²) in [5.41, 5.74) is 3.41. The zero-order valence-electron chi connectivity index (χ0n) is 6.96. The molecule has 1 aromatic heterocycles. The van der Waals surface area contributed by atoms with Crippen LogP contribution in [0.2, 0.25) is 0 Å². The van der Waals surface area contributed by atoms with Gasteiger partial charge in [-0.25, -0.2) is 4.68 Å². The number of nitrogens with zero attached hydrogens (tertiary/aromatic N) is 3. The van der Waals surface area contributed by atoms with Gasteiger partial charge in [-0.15, -0.1) is 10.2 Å². The normalized spacial score (nSPS) is 15.9. The quantitative estimate of drug-likeness (QED) is 0.761. The Labute approximate surface area is 87.3 Å². The van der Waals surface area contributed by atoms with Gasteiger partial charge in [0, 0.05) is 5.70 Å². The molecule has 1 N–H and O–H groups in total. The highest BCUT2D eigenvalue weighted by molar-refractivity contribution is 8.02. The Balaban J connectivity index is 2.44. The molecule has 0 atom stereocenters. The lowest BCUT2D eigenvalue weighted by molar-refractivity contribution is 0.0808. The Morgan fingerprint density at radius 2 is 2.29 bits per heavy atom. The van der Waals surface area contributed by atoms with Crippen molar-refractivity contribution in [2.75, 3.05) is 5.43 Å². The highest BCUT2D eigenvalue weighted by Crippen LogP contribution is 2.34. The van der Waals surface area contributed by atoms with E-state index in [0.29, 0.717) is 5.16 Å². The van der Waals surface area contributed by atoms with Crippen LogP contribution in [-0.2, 0) is 5.38 Å². The van der Waals surface area contributed by atoms with Crippen LogP contribution in [0.15, 0.2) is 16.3 Å². The van der Waals surface area contributed by atoms with Gasteiger partial charge < -0.3 is 0 Å². The number of alkyl halides is 3. The summed E-state index contributed by atoms with van der Waals surface area (Å²) in [6.07, 6.45) is 0. The van der Waals surface area contributed by atoms with E-state index in [1.54, 1.807) is 12.3 Å². The first-order chi connectivity index (χ1) is 6.48. The number of halogens is 3. The highest BCUT2D eigenvalue weighted by Gasteiger charge is 2.36. The Hall–Kier alpha value is -0.820. The van der Waals surface area contributed by atoms with Crippen molar-refractivity contribution in [3.8, 4) is 0 Å². The van der Waals surface area contributed by atoms with E-state index in [1.807, 2.05) is 0 Å². The van der Waals surface area contributed by atoms with Crippen LogP contribution in [-0.4, -0.2) is 14.9 Å². The number of hydrogen-bond donors (Lipinski definition) is 1. The maximum Gasteiger partial charge on any atom is 0.383 e. The molecule has 4 nitrogen and oxygen atoms in total. The molecule has 0 aliphatic carbocycles. The van der Waals surface area contributed by atoms with Crippen molar-refractivity contribution >= 4 is 23.4 Å². The van der Waals surface area contributed by atoms with E-state index in [0.717, 1.165) is 10.4 Å². The molecule has 0 fully saturated rings. The lowest BCUT2D eigenvalue weighted by atomic mass is 10.6. The van der Waals surface area contributed by atoms with Gasteiger partial charge in [0.15, 0.2) is 0 Å². The Kier molecular flexibility index (Phi) is 2.15. The van der Waals surface area contributed by atoms with Crippen LogP contribution in [0.4, 0.5) is 8.78 Å². The van der Waals surface area contributed by atoms with E-state index in [9.17, 15) is 8.78 Å². The van der Waals surface area contributed by atoms with E-state index in [4.69, 9.17) is 11.6 Å². The van der Waals surface area contributed by atoms with Gasteiger partial charge in [0.1, 0.15) is 0 Å². The molecule has 8 heteroatoms. The van der Waals surface area contributed by atoms with Gasteiger partial charge in [-0.1, -0.05) is 11.8 Å². The molecule has 1 aliphatic heterocycles. The SMILES string of the molecule is CC1=CSc2nnc(C(F)(F)Cl)n2N1. The third-order valence-electron chi connectivity index (χ3n) is 1.52. The Morgan fingerprint density at radius 3 is 2.93 bits per heavy atom. The van der Waals surface area contributed by atoms with Crippen molar-refractivity contribution in [3.63, 3.8) is 0 Å². The number of aromatic nitrogens is 3. The van der Waals surface area contributed by atoms with Crippen LogP contribution < -0.4 is 5.43 Å². The number of thioether (sulfide) groups is 1. The molecule has 0 saturated carbocycles. The molecule has 14 heavy (non-hydrogen) atoms. The van der Waals surface area contributed by atoms with E-state index < -0.39 is 11.2 Å². The molecule has 0 bridgehead atoms. The molecule has 0 unspecified atom stereocenters. The second-order valence-corrected chi connectivity index (χ2v) is 3.98. The van der Waals surface area contributed by atoms with Crippen LogP contribution >= 0.6 is 23.4 Å². The largest absolute Gasteiger partial charge is 0.383 e. The topological polar surface area (TPSA) is 42.7 Å². The molecule has 2 heterocycles. The number of fused-ring (bicyclic) bond motifs is 1. The minimum Gasteiger partial charge on any atom is -0.294 e. The molecule has 1 aliphatic rings. The molecule has 0 saturated heterocycles. The molecule has 1 aromatic rings. The molecule has 0 aromatic carbocycles. The van der Waals surface area contributed by atoms with E-state index in [2.05, 4.69) is 15.6 Å². The summed E-state index contributed by atoms with van der Waals surface area (Å²) in [7, 11) is 0. The van der Waals surface area contributed by atoms with Crippen molar-refractivity contribution in [2.24, 2.45) is 0 Å². The van der Waals surface area contributed by atoms with E-state index in [-0.39, 0.29) is 0 Å². The molecule has 76 valence electrons. The molecule has 0 amide bonds. The van der Waals surface area contributed by atoms with Crippen LogP contribution in [0.5, 0.6) is 0 Å². The number of allylic oxidation sites excluding steroid dienone is 1. The summed E-state index contributed by atoms with van der Waals surface area (Å²) in [5.74, 6) is -0.603. The predicted octanol–water partition coefficient (Wildman–Crippen LogP) is 2.08. The molecule has 0 radical (unpaired) electrons. The van der Waals surface area contributed by atoms with Crippen molar-refractivity contribution < 1.29 is 8.78 Å². The van der Waals surface area contributed by atoms with Gasteiger partial charge in [-0.05, 0) is 23.9 Å². The lowest BCUT2D eigenvalue weighted by Gasteiger charge is -2.17. The molecular weight excluding hydrogens is 234 g/mol. The van der Waals surface area contributed by atoms with Gasteiger partial charge >= 0.3 is 5.38 Å². The number of hydrogen-bond acceptors (Lipinski definition) is 4. The summed E-state index contributed by atoms with van der Waals surface area (Å²) in [6.45, 7) is 1.74. The average Bonchev–Trinajstić information content (AvgIpc) is 2.45. The van der Waals surface area contributed by atoms with Gasteiger partial charge in [0.25, 0.3) is 0 Å². The lowest BCUT2D eigenvalue weighted by Crippen LogP contribution is -2.23. The van der Waals surface area contributed by atoms with Crippen molar-refractivity contribution in [1.29, 1.82) is 0 Å². The van der Waals surface area contributed by atoms with E-state index >= 15 is 0 Å². The monoisotopic (exact) mass is 238 g/mol. The first-order valence-corrected chi connectivity index (χ1v) is 4.87. The fraction of sp³-hybridized carbons (Fsp3) is 0.333. The third kappa shape index (κ3) is 1.57. The number of rotatable bonds is 1. The molecular formula is C6H5ClF2N4S. The van der Waals surface area contributed by atoms with Gasteiger partial charge in [0.05, 0.1) is 0 Å². The van der Waals surface area contributed by atoms with Crippen LogP contribution in [0, 0.1) is 0 Å². The van der Waals surface area contributed by atoms with Crippen LogP contribution in [0.3, 0.4) is 0 Å². The number of nitrogens with one attached hydrogen (secondary N) is 1. The van der Waals surface area contributed by atoms with E-state index in [1.165, 1.54) is 11.8 Å². The summed E-state index contributed by atoms with van der Waals surface area (Å²) < 4.78 is 26.6. The second kappa shape index (κ2) is 3.09. The van der Waals surface area contributed by atoms with Crippen molar-refractivity contribution in [2.45, 2.75) is 17.5 Å². The Bertz CT molecular complexity index is 397. The first kappa shape index (κ1) is 9.72. The summed E-state index contributed by atoms with van der Waals surface area (Å²) in [6, 6.07) is 0. The summed E-state index contributed by atoms with van der Waals surface area (Å²) >= 11 is 6.07. The van der Waals surface area contributed by atoms with Crippen molar-refractivity contribution in [1.82, 2.24) is 14.9 Å². The standard InChI is InChI=1S/C6H5ClF2N4S/c1-3-2-14-5-11-10-4(6(7,8)9)13(5)12-3/h2,12H,1H3. The van der Waals surface area contributed by atoms with Crippen molar-refractivity contribution in [3.05, 3.63) is 16.9 Å². The maximum absolute atomic E-state index is 12.8. The van der Waals surface area contributed by atoms with Crippen LogP contribution in [0.1, 0.15) is 12.7 Å². The minimum atomic E-state index is -3.52. The minimum absolute atomic E-state index is 0.339. The summed E-state index contributed by atoms with van der Waals surface area (Å²) in [4.78, 5) is 0. The zero-order valence-corrected chi connectivity index (χ0v) is 8.53. The third-order valence-corrected chi connectivity index (χ3v) is 2.63. The van der Waals surface area contributed by atoms with Gasteiger partial charge in [-0.2, -0.15) is 8.78 Å². The predicted molar refractivity (Wildman–Crippen MR) is 48.7 cm³/mol. The fourth-order valence-corrected chi connectivity index (χ4v) is 1.76. The van der Waals surface area contributed by atoms with Gasteiger partial charge in [0.2, 0.25) is 11.0 Å². The average molecular weight is 239 g/mol. The maximum atomic E-state index is 12.8.